The predicted molar refractivity (Wildman–Crippen MR) is 90.0 cm³/mol. The van der Waals surface area contributed by atoms with E-state index >= 15 is 0 Å². The summed E-state index contributed by atoms with van der Waals surface area (Å²) in [4.78, 5) is 2.16. The number of nitrogens with one attached hydrogen (secondary N) is 1. The second-order valence-corrected chi connectivity index (χ2v) is 7.85. The Morgan fingerprint density at radius 2 is 1.91 bits per heavy atom. The van der Waals surface area contributed by atoms with Crippen LogP contribution in [0.5, 0.6) is 0 Å². The molecule has 8 heteroatoms. The second kappa shape index (κ2) is 7.44. The first-order valence-corrected chi connectivity index (χ1v) is 9.14. The maximum Gasteiger partial charge on any atom is 0.246 e. The van der Waals surface area contributed by atoms with Gasteiger partial charge in [-0.2, -0.15) is 4.31 Å². The molecule has 1 atom stereocenters. The molecule has 2 fully saturated rings. The first kappa shape index (κ1) is 18.6. The lowest BCUT2D eigenvalue weighted by Gasteiger charge is -2.32. The maximum absolute atomic E-state index is 14.0. The number of benzene rings is 1. The molecule has 0 aromatic heterocycles. The van der Waals surface area contributed by atoms with Crippen molar-refractivity contribution in [3.8, 4) is 0 Å². The fourth-order valence-electron chi connectivity index (χ4n) is 3.35. The highest BCUT2D eigenvalue weighted by Gasteiger charge is 2.37. The summed E-state index contributed by atoms with van der Waals surface area (Å²) >= 11 is 0. The molecule has 23 heavy (non-hydrogen) atoms. The Labute approximate surface area is 143 Å². The number of sulfonamides is 1. The Kier molecular flexibility index (Phi) is 6.02. The maximum atomic E-state index is 14.0. The van der Waals surface area contributed by atoms with Gasteiger partial charge in [-0.15, -0.1) is 12.4 Å². The Balaban J connectivity index is 0.00000192. The van der Waals surface area contributed by atoms with Crippen molar-refractivity contribution < 1.29 is 12.8 Å². The van der Waals surface area contributed by atoms with Gasteiger partial charge in [-0.3, -0.25) is 4.90 Å². The molecule has 3 rings (SSSR count). The first-order chi connectivity index (χ1) is 10.5. The average Bonchev–Trinajstić information content (AvgIpc) is 2.98. The molecule has 0 saturated carbocycles. The number of aryl methyl sites for hydroxylation is 1. The fourth-order valence-corrected chi connectivity index (χ4v) is 5.11. The molecule has 0 amide bonds. The highest BCUT2D eigenvalue weighted by molar-refractivity contribution is 7.89. The van der Waals surface area contributed by atoms with Crippen molar-refractivity contribution in [2.24, 2.45) is 0 Å². The van der Waals surface area contributed by atoms with Gasteiger partial charge in [0, 0.05) is 45.3 Å². The largest absolute Gasteiger partial charge is 0.314 e. The summed E-state index contributed by atoms with van der Waals surface area (Å²) in [6, 6.07) is 4.63. The molecule has 0 aliphatic carbocycles. The Hall–Kier alpha value is -0.730. The number of rotatable bonds is 3. The van der Waals surface area contributed by atoms with E-state index < -0.39 is 15.8 Å². The fraction of sp³-hybridized carbons (Fsp3) is 0.600. The highest BCUT2D eigenvalue weighted by atomic mass is 35.5. The van der Waals surface area contributed by atoms with E-state index in [1.807, 2.05) is 0 Å². The van der Waals surface area contributed by atoms with Crippen molar-refractivity contribution in [2.75, 3.05) is 39.3 Å². The van der Waals surface area contributed by atoms with Crippen LogP contribution in [0.15, 0.2) is 23.1 Å². The van der Waals surface area contributed by atoms with Gasteiger partial charge in [0.15, 0.2) is 0 Å². The Morgan fingerprint density at radius 1 is 1.22 bits per heavy atom. The van der Waals surface area contributed by atoms with E-state index in [-0.39, 0.29) is 23.3 Å². The van der Waals surface area contributed by atoms with Crippen molar-refractivity contribution in [1.82, 2.24) is 14.5 Å². The van der Waals surface area contributed by atoms with Crippen LogP contribution >= 0.6 is 12.4 Å². The highest BCUT2D eigenvalue weighted by Crippen LogP contribution is 2.27. The van der Waals surface area contributed by atoms with E-state index in [1.54, 1.807) is 13.0 Å². The molecule has 2 heterocycles. The molecule has 0 spiro atoms. The molecule has 0 radical (unpaired) electrons. The van der Waals surface area contributed by atoms with Crippen LogP contribution in [-0.2, 0) is 10.0 Å². The van der Waals surface area contributed by atoms with Crippen molar-refractivity contribution in [1.29, 1.82) is 0 Å². The molecule has 2 aliphatic heterocycles. The van der Waals surface area contributed by atoms with Gasteiger partial charge in [-0.25, -0.2) is 12.8 Å². The topological polar surface area (TPSA) is 52.7 Å². The number of hydrogen-bond donors (Lipinski definition) is 1. The van der Waals surface area contributed by atoms with Gasteiger partial charge < -0.3 is 5.32 Å². The van der Waals surface area contributed by atoms with Gasteiger partial charge in [0.05, 0.1) is 0 Å². The smallest absolute Gasteiger partial charge is 0.246 e. The lowest BCUT2D eigenvalue weighted by molar-refractivity contribution is 0.179. The molecule has 2 aliphatic rings. The van der Waals surface area contributed by atoms with Crippen LogP contribution in [0.3, 0.4) is 0 Å². The van der Waals surface area contributed by atoms with Gasteiger partial charge in [-0.05, 0) is 25.0 Å². The third kappa shape index (κ3) is 3.69. The SMILES string of the molecule is Cc1cccc(F)c1S(=O)(=O)N1CCC(N2CCNCC2)C1.Cl. The van der Waals surface area contributed by atoms with E-state index in [4.69, 9.17) is 0 Å². The van der Waals surface area contributed by atoms with Gasteiger partial charge >= 0.3 is 0 Å². The van der Waals surface area contributed by atoms with Gasteiger partial charge in [-0.1, -0.05) is 12.1 Å². The first-order valence-electron chi connectivity index (χ1n) is 7.70. The van der Waals surface area contributed by atoms with Gasteiger partial charge in [0.1, 0.15) is 10.7 Å². The van der Waals surface area contributed by atoms with Crippen LogP contribution in [0.1, 0.15) is 12.0 Å². The van der Waals surface area contributed by atoms with Crippen LogP contribution in [-0.4, -0.2) is 62.9 Å². The minimum absolute atomic E-state index is 0. The number of nitrogens with zero attached hydrogens (tertiary/aromatic N) is 2. The molecule has 2 saturated heterocycles. The van der Waals surface area contributed by atoms with E-state index in [0.29, 0.717) is 18.7 Å². The third-order valence-electron chi connectivity index (χ3n) is 4.56. The zero-order chi connectivity index (χ0) is 15.7. The summed E-state index contributed by atoms with van der Waals surface area (Å²) in [5, 5.41) is 3.30. The quantitative estimate of drug-likeness (QED) is 0.877. The van der Waals surface area contributed by atoms with Crippen LogP contribution in [0.25, 0.3) is 0 Å². The summed E-state index contributed by atoms with van der Waals surface area (Å²) in [5.41, 5.74) is 0.464. The predicted octanol–water partition coefficient (Wildman–Crippen LogP) is 1.22. The third-order valence-corrected chi connectivity index (χ3v) is 6.60. The van der Waals surface area contributed by atoms with E-state index in [1.165, 1.54) is 16.4 Å². The lowest BCUT2D eigenvalue weighted by Crippen LogP contribution is -2.49. The zero-order valence-electron chi connectivity index (χ0n) is 13.2. The van der Waals surface area contributed by atoms with Gasteiger partial charge in [0.2, 0.25) is 10.0 Å². The monoisotopic (exact) mass is 363 g/mol. The molecule has 1 N–H and O–H groups in total. The van der Waals surface area contributed by atoms with Crippen molar-refractivity contribution in [3.05, 3.63) is 29.6 Å². The average molecular weight is 364 g/mol. The van der Waals surface area contributed by atoms with E-state index in [0.717, 1.165) is 32.6 Å². The summed E-state index contributed by atoms with van der Waals surface area (Å²) in [5.74, 6) is -0.661. The van der Waals surface area contributed by atoms with E-state index in [2.05, 4.69) is 10.2 Å². The molecule has 1 unspecified atom stereocenters. The minimum Gasteiger partial charge on any atom is -0.314 e. The number of piperazine rings is 1. The number of halogens is 2. The Bertz CT molecular complexity index is 630. The van der Waals surface area contributed by atoms with Crippen LogP contribution in [0, 0.1) is 12.7 Å². The summed E-state index contributed by atoms with van der Waals surface area (Å²) in [6.45, 7) is 6.32. The van der Waals surface area contributed by atoms with Crippen molar-refractivity contribution >= 4 is 22.4 Å². The standard InChI is InChI=1S/C15H22FN3O2S.ClH/c1-12-3-2-4-14(16)15(12)22(20,21)19-8-5-13(11-19)18-9-6-17-7-10-18;/h2-4,13,17H,5-11H2,1H3;1H. The summed E-state index contributed by atoms with van der Waals surface area (Å²) < 4.78 is 41.0. The van der Waals surface area contributed by atoms with Gasteiger partial charge in [0.25, 0.3) is 0 Å². The number of hydrogen-bond acceptors (Lipinski definition) is 4. The van der Waals surface area contributed by atoms with Crippen LogP contribution < -0.4 is 5.32 Å². The summed E-state index contributed by atoms with van der Waals surface area (Å²) in [6.07, 6.45) is 0.812. The Morgan fingerprint density at radius 3 is 2.57 bits per heavy atom. The minimum atomic E-state index is -3.76. The van der Waals surface area contributed by atoms with Crippen LogP contribution in [0.4, 0.5) is 4.39 Å². The second-order valence-electron chi connectivity index (χ2n) is 5.98. The molecule has 0 bridgehead atoms. The summed E-state index contributed by atoms with van der Waals surface area (Å²) in [7, 11) is -3.76. The lowest BCUT2D eigenvalue weighted by atomic mass is 10.2. The molecule has 1 aromatic rings. The normalized spacial score (nSPS) is 23.7. The van der Waals surface area contributed by atoms with Crippen LogP contribution in [0.2, 0.25) is 0 Å². The molecule has 130 valence electrons. The molecular weight excluding hydrogens is 341 g/mol. The van der Waals surface area contributed by atoms with Crippen molar-refractivity contribution in [2.45, 2.75) is 24.3 Å². The zero-order valence-corrected chi connectivity index (χ0v) is 14.8. The van der Waals surface area contributed by atoms with E-state index in [9.17, 15) is 12.8 Å². The molecular formula is C15H23ClFN3O2S. The molecule has 1 aromatic carbocycles. The van der Waals surface area contributed by atoms with Crippen molar-refractivity contribution in [3.63, 3.8) is 0 Å². The molecule has 5 nitrogen and oxygen atoms in total.